The van der Waals surface area contributed by atoms with Gasteiger partial charge in [0.25, 0.3) is 0 Å². The molecule has 1 heterocycles. The fraction of sp³-hybridized carbons (Fsp3) is 0.938. The van der Waals surface area contributed by atoms with Crippen molar-refractivity contribution in [1.82, 2.24) is 5.32 Å². The quantitative estimate of drug-likeness (QED) is 0.851. The van der Waals surface area contributed by atoms with Crippen molar-refractivity contribution in [3.8, 4) is 0 Å². The zero-order valence-corrected chi connectivity index (χ0v) is 14.6. The lowest BCUT2D eigenvalue weighted by Crippen LogP contribution is -2.49. The molecule has 0 unspecified atom stereocenters. The second-order valence-corrected chi connectivity index (χ2v) is 10.5. The zero-order chi connectivity index (χ0) is 15.9. The van der Waals surface area contributed by atoms with E-state index < -0.39 is 15.4 Å². The summed E-state index contributed by atoms with van der Waals surface area (Å²) in [7, 11) is -2.97. The lowest BCUT2D eigenvalue weighted by Gasteiger charge is -2.37. The van der Waals surface area contributed by atoms with Gasteiger partial charge in [-0.15, -0.1) is 0 Å². The molecule has 1 aliphatic heterocycles. The average Bonchev–Trinajstić information content (AvgIpc) is 2.62. The topological polar surface area (TPSA) is 63.2 Å². The van der Waals surface area contributed by atoms with Gasteiger partial charge < -0.3 is 5.32 Å². The maximum absolute atomic E-state index is 12.4. The van der Waals surface area contributed by atoms with Crippen molar-refractivity contribution in [2.45, 2.75) is 65.3 Å². The SMILES string of the molecule is CC(C)(C)C1CCC(C(=O)N[C@]2(C)CCS(=O)(=O)C2)CC1. The lowest BCUT2D eigenvalue weighted by molar-refractivity contribution is -0.128. The first kappa shape index (κ1) is 16.8. The Hall–Kier alpha value is -0.580. The standard InChI is InChI=1S/C16H29NO3S/c1-15(2,3)13-7-5-12(6-8-13)14(18)17-16(4)9-10-21(19,20)11-16/h12-13H,5-11H2,1-4H3,(H,17,18)/t12?,13?,16-/m1/s1. The molecule has 0 aromatic rings. The summed E-state index contributed by atoms with van der Waals surface area (Å²) < 4.78 is 23.2. The normalized spacial score (nSPS) is 36.4. The Morgan fingerprint density at radius 3 is 2.14 bits per heavy atom. The molecular formula is C16H29NO3S. The number of rotatable bonds is 2. The van der Waals surface area contributed by atoms with E-state index >= 15 is 0 Å². The summed E-state index contributed by atoms with van der Waals surface area (Å²) in [6.45, 7) is 8.66. The molecule has 21 heavy (non-hydrogen) atoms. The predicted octanol–water partition coefficient (Wildman–Crippen LogP) is 2.53. The molecule has 4 nitrogen and oxygen atoms in total. The van der Waals surface area contributed by atoms with E-state index in [1.54, 1.807) is 0 Å². The Bertz CT molecular complexity index is 498. The van der Waals surface area contributed by atoms with Crippen molar-refractivity contribution < 1.29 is 13.2 Å². The highest BCUT2D eigenvalue weighted by atomic mass is 32.2. The van der Waals surface area contributed by atoms with Gasteiger partial charge in [-0.2, -0.15) is 0 Å². The van der Waals surface area contributed by atoms with Crippen molar-refractivity contribution in [3.05, 3.63) is 0 Å². The summed E-state index contributed by atoms with van der Waals surface area (Å²) in [5, 5.41) is 3.02. The van der Waals surface area contributed by atoms with E-state index in [0.29, 0.717) is 17.8 Å². The second kappa shape index (κ2) is 5.56. The van der Waals surface area contributed by atoms with E-state index in [9.17, 15) is 13.2 Å². The molecule has 1 aliphatic carbocycles. The van der Waals surface area contributed by atoms with Gasteiger partial charge in [-0.1, -0.05) is 20.8 Å². The van der Waals surface area contributed by atoms with E-state index in [1.165, 1.54) is 0 Å². The largest absolute Gasteiger partial charge is 0.350 e. The summed E-state index contributed by atoms with van der Waals surface area (Å²) in [5.74, 6) is 1.08. The first-order chi connectivity index (χ1) is 9.51. The maximum Gasteiger partial charge on any atom is 0.223 e. The molecule has 2 rings (SSSR count). The summed E-state index contributed by atoms with van der Waals surface area (Å²) >= 11 is 0. The van der Waals surface area contributed by atoms with Crippen LogP contribution in [0.15, 0.2) is 0 Å². The van der Waals surface area contributed by atoms with Crippen molar-refractivity contribution in [2.24, 2.45) is 17.3 Å². The third-order valence-corrected chi connectivity index (χ3v) is 7.15. The van der Waals surface area contributed by atoms with Crippen LogP contribution in [0.2, 0.25) is 0 Å². The van der Waals surface area contributed by atoms with Crippen LogP contribution < -0.4 is 5.32 Å². The smallest absolute Gasteiger partial charge is 0.223 e. The van der Waals surface area contributed by atoms with Crippen LogP contribution in [0.1, 0.15) is 59.8 Å². The fourth-order valence-corrected chi connectivity index (χ4v) is 5.82. The van der Waals surface area contributed by atoms with Gasteiger partial charge in [0.1, 0.15) is 0 Å². The van der Waals surface area contributed by atoms with Crippen LogP contribution in [0.5, 0.6) is 0 Å². The average molecular weight is 315 g/mol. The second-order valence-electron chi connectivity index (χ2n) is 8.31. The van der Waals surface area contributed by atoms with Crippen molar-refractivity contribution in [3.63, 3.8) is 0 Å². The van der Waals surface area contributed by atoms with E-state index in [-0.39, 0.29) is 23.3 Å². The molecule has 1 amide bonds. The minimum absolute atomic E-state index is 0.0574. The molecule has 2 fully saturated rings. The van der Waals surface area contributed by atoms with Gasteiger partial charge in [0.2, 0.25) is 5.91 Å². The Morgan fingerprint density at radius 1 is 1.14 bits per heavy atom. The molecule has 0 radical (unpaired) electrons. The number of sulfone groups is 1. The first-order valence-corrected chi connectivity index (χ1v) is 9.85. The number of amides is 1. The monoisotopic (exact) mass is 315 g/mol. The van der Waals surface area contributed by atoms with Gasteiger partial charge >= 0.3 is 0 Å². The molecule has 1 saturated heterocycles. The third-order valence-electron chi connectivity index (χ3n) is 5.25. The van der Waals surface area contributed by atoms with Crippen LogP contribution in [-0.2, 0) is 14.6 Å². The zero-order valence-electron chi connectivity index (χ0n) is 13.7. The first-order valence-electron chi connectivity index (χ1n) is 8.03. The summed E-state index contributed by atoms with van der Waals surface area (Å²) in [6.07, 6.45) is 4.58. The fourth-order valence-electron chi connectivity index (χ4n) is 3.73. The Morgan fingerprint density at radius 2 is 1.71 bits per heavy atom. The van der Waals surface area contributed by atoms with Gasteiger partial charge in [-0.3, -0.25) is 4.79 Å². The van der Waals surface area contributed by atoms with Gasteiger partial charge in [0.15, 0.2) is 9.84 Å². The molecule has 1 saturated carbocycles. The van der Waals surface area contributed by atoms with Crippen molar-refractivity contribution >= 4 is 15.7 Å². The molecule has 0 spiro atoms. The third kappa shape index (κ3) is 4.21. The number of hydrogen-bond donors (Lipinski definition) is 1. The van der Waals surface area contributed by atoms with Crippen molar-refractivity contribution in [2.75, 3.05) is 11.5 Å². The van der Waals surface area contributed by atoms with Crippen molar-refractivity contribution in [1.29, 1.82) is 0 Å². The van der Waals surface area contributed by atoms with Gasteiger partial charge in [0.05, 0.1) is 17.0 Å². The molecule has 0 bridgehead atoms. The predicted molar refractivity (Wildman–Crippen MR) is 84.7 cm³/mol. The minimum atomic E-state index is -2.97. The molecule has 2 aliphatic rings. The molecule has 0 aromatic carbocycles. The van der Waals surface area contributed by atoms with Crippen LogP contribution >= 0.6 is 0 Å². The molecule has 1 atom stereocenters. The summed E-state index contributed by atoms with van der Waals surface area (Å²) in [5.41, 5.74) is -0.246. The Labute approximate surface area is 129 Å². The lowest BCUT2D eigenvalue weighted by atomic mass is 9.69. The van der Waals surface area contributed by atoms with E-state index in [1.807, 2.05) is 6.92 Å². The van der Waals surface area contributed by atoms with E-state index in [2.05, 4.69) is 26.1 Å². The Balaban J connectivity index is 1.89. The summed E-state index contributed by atoms with van der Waals surface area (Å²) in [4.78, 5) is 12.4. The number of hydrogen-bond acceptors (Lipinski definition) is 3. The highest BCUT2D eigenvalue weighted by Crippen LogP contribution is 2.40. The molecule has 5 heteroatoms. The van der Waals surface area contributed by atoms with Gasteiger partial charge in [-0.25, -0.2) is 8.42 Å². The van der Waals surface area contributed by atoms with Crippen LogP contribution in [0, 0.1) is 17.3 Å². The molecule has 1 N–H and O–H groups in total. The molecule has 0 aromatic heterocycles. The van der Waals surface area contributed by atoms with E-state index in [4.69, 9.17) is 0 Å². The van der Waals surface area contributed by atoms with E-state index in [0.717, 1.165) is 25.7 Å². The molecular weight excluding hydrogens is 286 g/mol. The van der Waals surface area contributed by atoms with Crippen LogP contribution in [-0.4, -0.2) is 31.4 Å². The Kier molecular flexibility index (Phi) is 4.45. The van der Waals surface area contributed by atoms with Gasteiger partial charge in [0, 0.05) is 5.92 Å². The maximum atomic E-state index is 12.4. The number of carbonyl (C=O) groups excluding carboxylic acids is 1. The summed E-state index contributed by atoms with van der Waals surface area (Å²) in [6, 6.07) is 0. The highest BCUT2D eigenvalue weighted by Gasteiger charge is 2.41. The number of carbonyl (C=O) groups is 1. The molecule has 122 valence electrons. The van der Waals surface area contributed by atoms with Crippen LogP contribution in [0.3, 0.4) is 0 Å². The van der Waals surface area contributed by atoms with Crippen LogP contribution in [0.4, 0.5) is 0 Å². The number of nitrogens with one attached hydrogen (secondary N) is 1. The van der Waals surface area contributed by atoms with Crippen LogP contribution in [0.25, 0.3) is 0 Å². The van der Waals surface area contributed by atoms with Gasteiger partial charge in [-0.05, 0) is 50.4 Å². The highest BCUT2D eigenvalue weighted by molar-refractivity contribution is 7.91. The minimum Gasteiger partial charge on any atom is -0.350 e.